The number of nitrogens with one attached hydrogen (secondary N) is 1. The van der Waals surface area contributed by atoms with Crippen LogP contribution in [-0.2, 0) is 14.3 Å². The van der Waals surface area contributed by atoms with Gasteiger partial charge >= 0.3 is 5.97 Å². The molecule has 1 rings (SSSR count). The topological polar surface area (TPSA) is 47.6 Å². The normalized spacial score (nSPS) is 22.5. The molecule has 1 aliphatic heterocycles. The van der Waals surface area contributed by atoms with E-state index in [0.717, 1.165) is 26.1 Å². The third-order valence-electron chi connectivity index (χ3n) is 2.09. The van der Waals surface area contributed by atoms with Crippen molar-refractivity contribution in [3.8, 4) is 0 Å². The van der Waals surface area contributed by atoms with Gasteiger partial charge in [0, 0.05) is 19.5 Å². The fraction of sp³-hybridized carbons (Fsp3) is 0.909. The van der Waals surface area contributed by atoms with Crippen LogP contribution < -0.4 is 5.32 Å². The maximum Gasteiger partial charge on any atom is 0.306 e. The van der Waals surface area contributed by atoms with Crippen LogP contribution in [0.1, 0.15) is 33.6 Å². The second-order valence-electron chi connectivity index (χ2n) is 4.82. The van der Waals surface area contributed by atoms with Crippen LogP contribution in [0.3, 0.4) is 0 Å². The van der Waals surface area contributed by atoms with Gasteiger partial charge in [0.1, 0.15) is 5.60 Å². The van der Waals surface area contributed by atoms with E-state index >= 15 is 0 Å². The van der Waals surface area contributed by atoms with Crippen molar-refractivity contribution in [1.82, 2.24) is 5.32 Å². The van der Waals surface area contributed by atoms with Gasteiger partial charge in [-0.05, 0) is 27.2 Å². The molecule has 1 fully saturated rings. The second-order valence-corrected chi connectivity index (χ2v) is 4.82. The van der Waals surface area contributed by atoms with E-state index in [1.54, 1.807) is 0 Å². The third-order valence-corrected chi connectivity index (χ3v) is 2.09. The Morgan fingerprint density at radius 2 is 2.27 bits per heavy atom. The Bertz CT molecular complexity index is 204. The van der Waals surface area contributed by atoms with Gasteiger partial charge in [0.05, 0.1) is 12.7 Å². The summed E-state index contributed by atoms with van der Waals surface area (Å²) in [6, 6.07) is 0. The first-order valence-corrected chi connectivity index (χ1v) is 5.51. The smallest absolute Gasteiger partial charge is 0.306 e. The van der Waals surface area contributed by atoms with E-state index in [1.807, 2.05) is 20.8 Å². The summed E-state index contributed by atoms with van der Waals surface area (Å²) in [4.78, 5) is 11.4. The number of rotatable bonds is 3. The van der Waals surface area contributed by atoms with Crippen LogP contribution in [0.4, 0.5) is 0 Å². The highest BCUT2D eigenvalue weighted by Crippen LogP contribution is 2.11. The summed E-state index contributed by atoms with van der Waals surface area (Å²) in [7, 11) is 0. The van der Waals surface area contributed by atoms with Crippen molar-refractivity contribution in [2.45, 2.75) is 45.3 Å². The van der Waals surface area contributed by atoms with Crippen LogP contribution >= 0.6 is 0 Å². The Kier molecular flexibility index (Phi) is 4.54. The van der Waals surface area contributed by atoms with E-state index in [0.29, 0.717) is 6.42 Å². The Labute approximate surface area is 91.3 Å². The molecular weight excluding hydrogens is 194 g/mol. The van der Waals surface area contributed by atoms with E-state index in [2.05, 4.69) is 5.32 Å². The van der Waals surface area contributed by atoms with Crippen LogP contribution in [0.25, 0.3) is 0 Å². The fourth-order valence-corrected chi connectivity index (χ4v) is 1.48. The van der Waals surface area contributed by atoms with E-state index < -0.39 is 0 Å². The van der Waals surface area contributed by atoms with Crippen LogP contribution in [0.2, 0.25) is 0 Å². The lowest BCUT2D eigenvalue weighted by Crippen LogP contribution is -2.38. The molecule has 15 heavy (non-hydrogen) atoms. The Morgan fingerprint density at radius 1 is 1.53 bits per heavy atom. The van der Waals surface area contributed by atoms with Gasteiger partial charge < -0.3 is 14.8 Å². The SMILES string of the molecule is CC(C)(C)OC(=O)CCC1CNCCO1. The highest BCUT2D eigenvalue weighted by Gasteiger charge is 2.19. The molecule has 1 N–H and O–H groups in total. The van der Waals surface area contributed by atoms with Gasteiger partial charge in [-0.2, -0.15) is 0 Å². The van der Waals surface area contributed by atoms with Crippen molar-refractivity contribution < 1.29 is 14.3 Å². The summed E-state index contributed by atoms with van der Waals surface area (Å²) >= 11 is 0. The molecule has 0 saturated carbocycles. The standard InChI is InChI=1S/C11H21NO3/c1-11(2,3)15-10(13)5-4-9-8-12-6-7-14-9/h9,12H,4-8H2,1-3H3. The first-order valence-electron chi connectivity index (χ1n) is 5.51. The number of hydrogen-bond acceptors (Lipinski definition) is 4. The highest BCUT2D eigenvalue weighted by molar-refractivity contribution is 5.69. The average Bonchev–Trinajstić information content (AvgIpc) is 2.14. The largest absolute Gasteiger partial charge is 0.460 e. The van der Waals surface area contributed by atoms with Gasteiger partial charge in [0.15, 0.2) is 0 Å². The van der Waals surface area contributed by atoms with Gasteiger partial charge in [-0.15, -0.1) is 0 Å². The minimum atomic E-state index is -0.386. The first kappa shape index (κ1) is 12.5. The van der Waals surface area contributed by atoms with Crippen molar-refractivity contribution in [2.24, 2.45) is 0 Å². The molecule has 0 aromatic carbocycles. The number of hydrogen-bond donors (Lipinski definition) is 1. The molecule has 1 atom stereocenters. The van der Waals surface area contributed by atoms with Crippen LogP contribution in [0, 0.1) is 0 Å². The lowest BCUT2D eigenvalue weighted by atomic mass is 10.1. The predicted octanol–water partition coefficient (Wildman–Crippen LogP) is 1.10. The lowest BCUT2D eigenvalue weighted by Gasteiger charge is -2.24. The van der Waals surface area contributed by atoms with Crippen LogP contribution in [0.15, 0.2) is 0 Å². The molecule has 4 heteroatoms. The zero-order valence-electron chi connectivity index (χ0n) is 9.84. The molecule has 0 aliphatic carbocycles. The van der Waals surface area contributed by atoms with Gasteiger partial charge in [-0.3, -0.25) is 4.79 Å². The maximum atomic E-state index is 11.4. The first-order chi connectivity index (χ1) is 6.97. The molecule has 4 nitrogen and oxygen atoms in total. The molecule has 0 amide bonds. The molecule has 88 valence electrons. The zero-order valence-corrected chi connectivity index (χ0v) is 9.84. The molecule has 0 spiro atoms. The second kappa shape index (κ2) is 5.47. The summed E-state index contributed by atoms with van der Waals surface area (Å²) in [6.45, 7) is 8.11. The van der Waals surface area contributed by atoms with Crippen LogP contribution in [0.5, 0.6) is 0 Å². The highest BCUT2D eigenvalue weighted by atomic mass is 16.6. The molecule has 1 heterocycles. The maximum absolute atomic E-state index is 11.4. The minimum Gasteiger partial charge on any atom is -0.460 e. The molecular formula is C11H21NO3. The Morgan fingerprint density at radius 3 is 2.80 bits per heavy atom. The summed E-state index contributed by atoms with van der Waals surface area (Å²) in [6.07, 6.45) is 1.33. The number of carbonyl (C=O) groups is 1. The molecule has 0 aromatic rings. The number of morpholine rings is 1. The quantitative estimate of drug-likeness (QED) is 0.716. The Hall–Kier alpha value is -0.610. The molecule has 0 bridgehead atoms. The van der Waals surface area contributed by atoms with Gasteiger partial charge in [-0.25, -0.2) is 0 Å². The zero-order chi connectivity index (χ0) is 11.3. The fourth-order valence-electron chi connectivity index (χ4n) is 1.48. The molecule has 0 radical (unpaired) electrons. The van der Waals surface area contributed by atoms with E-state index in [-0.39, 0.29) is 17.7 Å². The molecule has 1 aliphatic rings. The monoisotopic (exact) mass is 215 g/mol. The lowest BCUT2D eigenvalue weighted by molar-refractivity contribution is -0.155. The van der Waals surface area contributed by atoms with E-state index in [4.69, 9.17) is 9.47 Å². The third kappa shape index (κ3) is 5.74. The Balaban J connectivity index is 2.15. The van der Waals surface area contributed by atoms with Crippen molar-refractivity contribution in [1.29, 1.82) is 0 Å². The number of esters is 1. The summed E-state index contributed by atoms with van der Waals surface area (Å²) < 4.78 is 10.7. The average molecular weight is 215 g/mol. The number of carbonyl (C=O) groups excluding carboxylic acids is 1. The summed E-state index contributed by atoms with van der Waals surface area (Å²) in [5.41, 5.74) is -0.386. The molecule has 1 unspecified atom stereocenters. The van der Waals surface area contributed by atoms with Crippen molar-refractivity contribution >= 4 is 5.97 Å². The van der Waals surface area contributed by atoms with E-state index in [9.17, 15) is 4.79 Å². The number of ether oxygens (including phenoxy) is 2. The van der Waals surface area contributed by atoms with Crippen molar-refractivity contribution in [2.75, 3.05) is 19.7 Å². The van der Waals surface area contributed by atoms with E-state index in [1.165, 1.54) is 0 Å². The van der Waals surface area contributed by atoms with Crippen molar-refractivity contribution in [3.05, 3.63) is 0 Å². The molecule has 0 aromatic heterocycles. The van der Waals surface area contributed by atoms with Gasteiger partial charge in [0.25, 0.3) is 0 Å². The predicted molar refractivity (Wildman–Crippen MR) is 57.7 cm³/mol. The minimum absolute atomic E-state index is 0.142. The summed E-state index contributed by atoms with van der Waals surface area (Å²) in [5.74, 6) is -0.142. The summed E-state index contributed by atoms with van der Waals surface area (Å²) in [5, 5.41) is 3.23. The van der Waals surface area contributed by atoms with Gasteiger partial charge in [0.2, 0.25) is 0 Å². The molecule has 1 saturated heterocycles. The van der Waals surface area contributed by atoms with Gasteiger partial charge in [-0.1, -0.05) is 0 Å². The van der Waals surface area contributed by atoms with Crippen LogP contribution in [-0.4, -0.2) is 37.4 Å². The van der Waals surface area contributed by atoms with Crippen molar-refractivity contribution in [3.63, 3.8) is 0 Å².